The Morgan fingerprint density at radius 1 is 0.692 bits per heavy atom. The number of rotatable bonds is 20. The lowest BCUT2D eigenvalue weighted by molar-refractivity contribution is -0.432. The van der Waals surface area contributed by atoms with Gasteiger partial charge in [-0.3, -0.25) is 9.11 Å². The molecule has 6 aromatic rings. The summed E-state index contributed by atoms with van der Waals surface area (Å²) in [5, 5.41) is 31.2. The molecule has 3 aromatic heterocycles. The number of nitrogens with one attached hydrogen (secondary N) is 4. The fraction of sp³-hybridized carbons (Fsp3) is 0.133. The zero-order valence-corrected chi connectivity index (χ0v) is 38.7. The number of hydrogen-bond donors (Lipinski definition) is 8. The van der Waals surface area contributed by atoms with Gasteiger partial charge in [0.1, 0.15) is 21.2 Å². The number of aromatic nitrogens is 9. The Balaban J connectivity index is 1.28. The Bertz CT molecular complexity index is 2910. The maximum atomic E-state index is 12.5. The van der Waals surface area contributed by atoms with Crippen molar-refractivity contribution in [1.82, 2.24) is 44.9 Å². The zero-order valence-electron chi connectivity index (χ0n) is 31.6. The highest BCUT2D eigenvalue weighted by molar-refractivity contribution is 7.99. The molecule has 26 nitrogen and oxygen atoms in total. The SMILES string of the molecule is NC(=O)Nc1cc(Nc2nc(SCCNc3nc(Cl)nc(Cl)n3)nc(SCCNc3nc(Cl)nc(Cl)n3)n2)ccc1N=Nc1cc2c(S(=O)(=O)O)cc(SOOO)cc2cc1S(=O)(=O)O. The molecule has 2 amide bonds. The average molecular weight is 1070 g/mol. The summed E-state index contributed by atoms with van der Waals surface area (Å²) in [4.78, 5) is 47.2. The van der Waals surface area contributed by atoms with Crippen molar-refractivity contribution in [2.75, 3.05) is 45.9 Å². The third kappa shape index (κ3) is 14.6. The molecule has 6 rings (SSSR count). The van der Waals surface area contributed by atoms with E-state index in [-0.39, 0.29) is 82.0 Å². The van der Waals surface area contributed by atoms with Gasteiger partial charge in [0.2, 0.25) is 39.0 Å². The Kier molecular flexibility index (Phi) is 16.8. The van der Waals surface area contributed by atoms with Crippen LogP contribution in [0.4, 0.5) is 45.4 Å². The predicted octanol–water partition coefficient (Wildman–Crippen LogP) is 6.99. The van der Waals surface area contributed by atoms with Gasteiger partial charge in [0.05, 0.1) is 17.7 Å². The summed E-state index contributed by atoms with van der Waals surface area (Å²) in [6.45, 7) is 0.640. The molecule has 0 aliphatic heterocycles. The quantitative estimate of drug-likeness (QED) is 0.00726. The second-order valence-electron chi connectivity index (χ2n) is 11.9. The van der Waals surface area contributed by atoms with Crippen molar-refractivity contribution in [2.24, 2.45) is 16.0 Å². The van der Waals surface area contributed by atoms with Gasteiger partial charge < -0.3 is 27.0 Å². The molecule has 35 heteroatoms. The summed E-state index contributed by atoms with van der Waals surface area (Å²) in [7, 11) is -10.0. The van der Waals surface area contributed by atoms with Crippen LogP contribution in [0.1, 0.15) is 0 Å². The molecule has 3 aromatic carbocycles. The van der Waals surface area contributed by atoms with Crippen LogP contribution >= 0.6 is 82.0 Å². The highest BCUT2D eigenvalue weighted by Crippen LogP contribution is 2.38. The highest BCUT2D eigenvalue weighted by atomic mass is 35.5. The summed E-state index contributed by atoms with van der Waals surface area (Å²) in [6, 6.07) is 7.05. The van der Waals surface area contributed by atoms with Crippen molar-refractivity contribution in [2.45, 2.75) is 25.0 Å². The van der Waals surface area contributed by atoms with E-state index >= 15 is 0 Å². The lowest BCUT2D eigenvalue weighted by atomic mass is 10.1. The molecule has 0 saturated heterocycles. The van der Waals surface area contributed by atoms with Crippen LogP contribution in [0.3, 0.4) is 0 Å². The number of halogens is 4. The third-order valence-electron chi connectivity index (χ3n) is 7.45. The van der Waals surface area contributed by atoms with Crippen molar-refractivity contribution in [1.29, 1.82) is 0 Å². The number of hydrogen-bond acceptors (Lipinski definition) is 25. The van der Waals surface area contributed by atoms with Gasteiger partial charge in [-0.2, -0.15) is 61.7 Å². The first-order valence-corrected chi connectivity index (χ1v) is 24.2. The standard InChI is InChI=1S/C30H24Cl4N16O10S5/c31-21-40-22(32)43-26(42-21)36-3-5-61-29-46-28(47-30(48-29)62-6-4-37-27-44-23(33)41-24(34)45-27)38-13-1-2-16(17(9-13)39-25(35)51)49-50-18-11-15-12(8-20(18)65(56,57)58)7-14(63-60-59-52)10-19(15)64(53,54)55/h1-2,7-11,52H,3-6H2,(H3,35,39,51)(H,53,54,55)(H,56,57,58)(H,36,40,42,43)(H,37,41,44,45)(H,38,46,47,48). The number of urea groups is 1. The molecule has 342 valence electrons. The fourth-order valence-electron chi connectivity index (χ4n) is 5.03. The molecule has 0 aliphatic rings. The van der Waals surface area contributed by atoms with Gasteiger partial charge in [0.25, 0.3) is 20.2 Å². The minimum atomic E-state index is -5.06. The number of azo groups is 1. The van der Waals surface area contributed by atoms with Crippen LogP contribution in [0.2, 0.25) is 21.1 Å². The molecule has 3 heterocycles. The minimum Gasteiger partial charge on any atom is -0.353 e. The van der Waals surface area contributed by atoms with Crippen LogP contribution < -0.4 is 27.0 Å². The normalized spacial score (nSPS) is 11.9. The number of thioether (sulfide) groups is 2. The van der Waals surface area contributed by atoms with Crippen LogP contribution in [0.25, 0.3) is 10.8 Å². The molecule has 0 fully saturated rings. The second kappa shape index (κ2) is 22.1. The molecule has 0 radical (unpaired) electrons. The van der Waals surface area contributed by atoms with Crippen molar-refractivity contribution >= 4 is 160 Å². The van der Waals surface area contributed by atoms with Crippen LogP contribution in [0.15, 0.2) is 77.7 Å². The van der Waals surface area contributed by atoms with E-state index < -0.39 is 41.7 Å². The molecule has 0 spiro atoms. The van der Waals surface area contributed by atoms with Crippen molar-refractivity contribution in [3.8, 4) is 0 Å². The Labute approximate surface area is 397 Å². The van der Waals surface area contributed by atoms with E-state index in [9.17, 15) is 30.7 Å². The Morgan fingerprint density at radius 2 is 1.25 bits per heavy atom. The Hall–Kier alpha value is -4.87. The lowest BCUT2D eigenvalue weighted by Gasteiger charge is -2.12. The summed E-state index contributed by atoms with van der Waals surface area (Å²) < 4.78 is 74.1. The molecule has 9 N–H and O–H groups in total. The van der Waals surface area contributed by atoms with Crippen LogP contribution in [0.5, 0.6) is 0 Å². The smallest absolute Gasteiger partial charge is 0.316 e. The summed E-state index contributed by atoms with van der Waals surface area (Å²) in [5.41, 5.74) is 4.95. The number of benzene rings is 3. The number of anilines is 5. The van der Waals surface area contributed by atoms with Crippen molar-refractivity contribution in [3.63, 3.8) is 0 Å². The molecule has 65 heavy (non-hydrogen) atoms. The van der Waals surface area contributed by atoms with Gasteiger partial charge in [0, 0.05) is 40.6 Å². The van der Waals surface area contributed by atoms with Gasteiger partial charge in [-0.1, -0.05) is 28.6 Å². The van der Waals surface area contributed by atoms with Gasteiger partial charge in [-0.05, 0) is 94.3 Å². The number of carbonyl (C=O) groups excluding carboxylic acids is 1. The number of nitrogens with zero attached hydrogens (tertiary/aromatic N) is 11. The second-order valence-corrected chi connectivity index (χ2v) is 18.9. The van der Waals surface area contributed by atoms with Gasteiger partial charge in [-0.25, -0.2) is 10.1 Å². The van der Waals surface area contributed by atoms with E-state index in [4.69, 9.17) is 57.4 Å². The summed E-state index contributed by atoms with van der Waals surface area (Å²) >= 11 is 26.2. The minimum absolute atomic E-state index is 0.0537. The van der Waals surface area contributed by atoms with Crippen molar-refractivity contribution in [3.05, 3.63) is 63.6 Å². The first kappa shape index (κ1) is 49.6. The number of nitrogens with two attached hydrogens (primary N) is 1. The molecule has 0 aliphatic carbocycles. The Morgan fingerprint density at radius 3 is 1.77 bits per heavy atom. The number of amides is 2. The van der Waals surface area contributed by atoms with E-state index in [2.05, 4.69) is 85.7 Å². The van der Waals surface area contributed by atoms with E-state index in [0.29, 0.717) is 36.6 Å². The molecule has 0 atom stereocenters. The third-order valence-corrected chi connectivity index (χ3v) is 12.2. The van der Waals surface area contributed by atoms with E-state index in [1.54, 1.807) is 0 Å². The predicted molar refractivity (Wildman–Crippen MR) is 239 cm³/mol. The lowest BCUT2D eigenvalue weighted by Crippen LogP contribution is -2.19. The number of fused-ring (bicyclic) bond motifs is 1. The average Bonchev–Trinajstić information content (AvgIpc) is 3.21. The summed E-state index contributed by atoms with van der Waals surface area (Å²) in [6.07, 6.45) is 0. The number of carbonyl (C=O) groups is 1. The first-order valence-electron chi connectivity index (χ1n) is 17.1. The maximum absolute atomic E-state index is 12.5. The molecule has 0 saturated carbocycles. The van der Waals surface area contributed by atoms with Crippen LogP contribution in [-0.2, 0) is 29.6 Å². The topological polar surface area (TPSA) is 379 Å². The van der Waals surface area contributed by atoms with E-state index in [1.165, 1.54) is 47.8 Å². The summed E-state index contributed by atoms with van der Waals surface area (Å²) in [5.74, 6) is 1.15. The van der Waals surface area contributed by atoms with Gasteiger partial charge in [-0.15, -0.1) is 14.6 Å². The van der Waals surface area contributed by atoms with E-state index in [0.717, 1.165) is 18.2 Å². The monoisotopic (exact) mass is 1070 g/mol. The largest absolute Gasteiger partial charge is 0.353 e. The highest BCUT2D eigenvalue weighted by Gasteiger charge is 2.23. The zero-order chi connectivity index (χ0) is 46.9. The number of primary amides is 1. The van der Waals surface area contributed by atoms with Gasteiger partial charge in [0.15, 0.2) is 10.3 Å². The molecule has 0 bridgehead atoms. The molecule has 0 unspecified atom stereocenters. The maximum Gasteiger partial charge on any atom is 0.316 e. The first-order chi connectivity index (χ1) is 30.8. The van der Waals surface area contributed by atoms with Crippen LogP contribution in [-0.4, -0.2) is 107 Å². The van der Waals surface area contributed by atoms with Gasteiger partial charge >= 0.3 is 6.03 Å². The molecular formula is C30H24Cl4N16O10S5. The van der Waals surface area contributed by atoms with Crippen LogP contribution in [0, 0.1) is 0 Å². The van der Waals surface area contributed by atoms with E-state index in [1.807, 2.05) is 0 Å². The van der Waals surface area contributed by atoms with Crippen molar-refractivity contribution < 1.29 is 45.4 Å². The molecular weight excluding hydrogens is 1050 g/mol. The fourth-order valence-corrected chi connectivity index (χ4v) is 9.09.